The topological polar surface area (TPSA) is 104 Å². The van der Waals surface area contributed by atoms with Crippen LogP contribution in [0.15, 0.2) is 83.8 Å². The van der Waals surface area contributed by atoms with Gasteiger partial charge in [0.15, 0.2) is 5.78 Å². The molecule has 0 heterocycles. The van der Waals surface area contributed by atoms with E-state index in [0.717, 1.165) is 0 Å². The van der Waals surface area contributed by atoms with Gasteiger partial charge in [-0.25, -0.2) is 8.42 Å². The van der Waals surface area contributed by atoms with Crippen LogP contribution in [0.1, 0.15) is 15.9 Å². The average Bonchev–Trinajstić information content (AvgIpc) is 2.67. The fraction of sp³-hybridized carbons (Fsp3) is 0. The van der Waals surface area contributed by atoms with Crippen LogP contribution in [0.5, 0.6) is 11.5 Å². The minimum atomic E-state index is -3.93. The van der Waals surface area contributed by atoms with Crippen LogP contribution in [0, 0.1) is 0 Å². The lowest BCUT2D eigenvalue weighted by Crippen LogP contribution is -2.15. The summed E-state index contributed by atoms with van der Waals surface area (Å²) in [5, 5.41) is 18.8. The summed E-state index contributed by atoms with van der Waals surface area (Å²) < 4.78 is 27.5. The van der Waals surface area contributed by atoms with Crippen LogP contribution in [-0.4, -0.2) is 24.4 Å². The number of ketones is 1. The molecule has 0 atom stereocenters. The zero-order valence-electron chi connectivity index (χ0n) is 14.6. The van der Waals surface area contributed by atoms with E-state index >= 15 is 0 Å². The molecule has 0 fully saturated rings. The van der Waals surface area contributed by atoms with Crippen LogP contribution in [0.4, 0.5) is 5.69 Å². The number of hydrogen-bond donors (Lipinski definition) is 3. The fourth-order valence-electron chi connectivity index (χ4n) is 2.51. The number of carbonyl (C=O) groups is 1. The van der Waals surface area contributed by atoms with Crippen molar-refractivity contribution in [3.8, 4) is 11.5 Å². The second-order valence-electron chi connectivity index (χ2n) is 5.94. The van der Waals surface area contributed by atoms with Crippen molar-refractivity contribution in [1.82, 2.24) is 0 Å². The molecule has 3 rings (SSSR count). The Kier molecular flexibility index (Phi) is 5.47. The van der Waals surface area contributed by atoms with Crippen molar-refractivity contribution in [3.05, 3.63) is 90.0 Å². The second-order valence-corrected chi connectivity index (χ2v) is 7.62. The number of hydrogen-bond acceptors (Lipinski definition) is 5. The number of carbonyl (C=O) groups excluding carboxylic acids is 1. The SMILES string of the molecule is O=C(C=Cc1cccc(O)c1)c1ccccc1NS(=O)(=O)c1ccc(O)cc1. The van der Waals surface area contributed by atoms with Crippen molar-refractivity contribution in [2.75, 3.05) is 4.72 Å². The monoisotopic (exact) mass is 395 g/mol. The quantitative estimate of drug-likeness (QED) is 0.435. The summed E-state index contributed by atoms with van der Waals surface area (Å²) in [4.78, 5) is 12.5. The van der Waals surface area contributed by atoms with Crippen molar-refractivity contribution >= 4 is 27.6 Å². The second kappa shape index (κ2) is 7.98. The molecule has 0 amide bonds. The molecule has 28 heavy (non-hydrogen) atoms. The number of phenolic OH excluding ortho intramolecular Hbond substituents is 2. The predicted molar refractivity (Wildman–Crippen MR) is 107 cm³/mol. The Hall–Kier alpha value is -3.58. The minimum Gasteiger partial charge on any atom is -0.508 e. The largest absolute Gasteiger partial charge is 0.508 e. The molecule has 0 aliphatic heterocycles. The van der Waals surface area contributed by atoms with Gasteiger partial charge in [-0.3, -0.25) is 9.52 Å². The van der Waals surface area contributed by atoms with Crippen molar-refractivity contribution in [2.45, 2.75) is 4.90 Å². The molecule has 7 heteroatoms. The van der Waals surface area contributed by atoms with Gasteiger partial charge in [-0.1, -0.05) is 30.3 Å². The first-order chi connectivity index (χ1) is 13.3. The standard InChI is InChI=1S/C21H17NO5S/c23-16-9-11-18(12-10-16)28(26,27)22-20-7-2-1-6-19(20)21(25)13-8-15-4-3-5-17(24)14-15/h1-14,22-24H. The van der Waals surface area contributed by atoms with E-state index in [1.807, 2.05) is 0 Å². The Morgan fingerprint density at radius 1 is 0.857 bits per heavy atom. The normalized spacial score (nSPS) is 11.4. The number of rotatable bonds is 6. The molecule has 142 valence electrons. The van der Waals surface area contributed by atoms with Gasteiger partial charge in [0.1, 0.15) is 11.5 Å². The van der Waals surface area contributed by atoms with E-state index in [4.69, 9.17) is 0 Å². The maximum atomic E-state index is 12.6. The summed E-state index contributed by atoms with van der Waals surface area (Å²) in [5.41, 5.74) is 0.956. The fourth-order valence-corrected chi connectivity index (χ4v) is 3.59. The molecule has 3 aromatic rings. The van der Waals surface area contributed by atoms with Crippen LogP contribution in [0.25, 0.3) is 6.08 Å². The van der Waals surface area contributed by atoms with E-state index in [9.17, 15) is 23.4 Å². The molecule has 0 radical (unpaired) electrons. The van der Waals surface area contributed by atoms with E-state index in [0.29, 0.717) is 5.56 Å². The van der Waals surface area contributed by atoms with E-state index in [1.54, 1.807) is 24.3 Å². The summed E-state index contributed by atoms with van der Waals surface area (Å²) in [6, 6.07) is 17.7. The third-order valence-electron chi connectivity index (χ3n) is 3.88. The van der Waals surface area contributed by atoms with Crippen LogP contribution in [0.2, 0.25) is 0 Å². The van der Waals surface area contributed by atoms with Crippen LogP contribution in [-0.2, 0) is 10.0 Å². The van der Waals surface area contributed by atoms with Gasteiger partial charge in [-0.15, -0.1) is 0 Å². The van der Waals surface area contributed by atoms with E-state index in [-0.39, 0.29) is 27.6 Å². The van der Waals surface area contributed by atoms with Crippen molar-refractivity contribution in [2.24, 2.45) is 0 Å². The number of allylic oxidation sites excluding steroid dienone is 1. The first-order valence-corrected chi connectivity index (χ1v) is 9.76. The van der Waals surface area contributed by atoms with Gasteiger partial charge in [0, 0.05) is 5.56 Å². The molecule has 0 saturated carbocycles. The Morgan fingerprint density at radius 2 is 1.57 bits per heavy atom. The Labute approximate surface area is 162 Å². The smallest absolute Gasteiger partial charge is 0.261 e. The number of anilines is 1. The molecule has 0 saturated heterocycles. The zero-order chi connectivity index (χ0) is 20.1. The highest BCUT2D eigenvalue weighted by atomic mass is 32.2. The molecule has 0 aromatic heterocycles. The first-order valence-electron chi connectivity index (χ1n) is 8.27. The van der Waals surface area contributed by atoms with Crippen LogP contribution >= 0.6 is 0 Å². The summed E-state index contributed by atoms with van der Waals surface area (Å²) in [5.74, 6) is -0.365. The molecule has 0 unspecified atom stereocenters. The predicted octanol–water partition coefficient (Wildman–Crippen LogP) is 3.79. The highest BCUT2D eigenvalue weighted by molar-refractivity contribution is 7.92. The number of phenols is 2. The molecule has 3 aromatic carbocycles. The van der Waals surface area contributed by atoms with Gasteiger partial charge >= 0.3 is 0 Å². The van der Waals surface area contributed by atoms with Crippen LogP contribution in [0.3, 0.4) is 0 Å². The van der Waals surface area contributed by atoms with Gasteiger partial charge in [-0.05, 0) is 60.2 Å². The van der Waals surface area contributed by atoms with Crippen LogP contribution < -0.4 is 4.72 Å². The van der Waals surface area contributed by atoms with Gasteiger partial charge in [0.2, 0.25) is 0 Å². The Morgan fingerprint density at radius 3 is 2.29 bits per heavy atom. The lowest BCUT2D eigenvalue weighted by molar-refractivity contribution is 0.104. The minimum absolute atomic E-state index is 0.0390. The van der Waals surface area contributed by atoms with Gasteiger partial charge < -0.3 is 10.2 Å². The third-order valence-corrected chi connectivity index (χ3v) is 5.26. The maximum absolute atomic E-state index is 12.6. The van der Waals surface area contributed by atoms with Crippen molar-refractivity contribution in [1.29, 1.82) is 0 Å². The summed E-state index contributed by atoms with van der Waals surface area (Å²) in [6.07, 6.45) is 2.84. The Balaban J connectivity index is 1.86. The highest BCUT2D eigenvalue weighted by Crippen LogP contribution is 2.22. The maximum Gasteiger partial charge on any atom is 0.261 e. The molecule has 0 aliphatic carbocycles. The van der Waals surface area contributed by atoms with Crippen molar-refractivity contribution in [3.63, 3.8) is 0 Å². The number of benzene rings is 3. The van der Waals surface area contributed by atoms with Gasteiger partial charge in [-0.2, -0.15) is 0 Å². The molecule has 6 nitrogen and oxygen atoms in total. The third kappa shape index (κ3) is 4.57. The molecule has 3 N–H and O–H groups in total. The number of sulfonamides is 1. The van der Waals surface area contributed by atoms with Crippen molar-refractivity contribution < 1.29 is 23.4 Å². The average molecular weight is 395 g/mol. The molecular weight excluding hydrogens is 378 g/mol. The highest BCUT2D eigenvalue weighted by Gasteiger charge is 2.17. The summed E-state index contributed by atoms with van der Waals surface area (Å²) in [6.45, 7) is 0. The first kappa shape index (κ1) is 19.2. The zero-order valence-corrected chi connectivity index (χ0v) is 15.4. The van der Waals surface area contributed by atoms with E-state index in [2.05, 4.69) is 4.72 Å². The lowest BCUT2D eigenvalue weighted by Gasteiger charge is -2.11. The summed E-state index contributed by atoms with van der Waals surface area (Å²) >= 11 is 0. The molecule has 0 spiro atoms. The molecule has 0 aliphatic rings. The number of aromatic hydroxyl groups is 2. The Bertz CT molecular complexity index is 1140. The van der Waals surface area contributed by atoms with E-state index < -0.39 is 15.8 Å². The number of para-hydroxylation sites is 1. The van der Waals surface area contributed by atoms with Gasteiger partial charge in [0.05, 0.1) is 10.6 Å². The van der Waals surface area contributed by atoms with E-state index in [1.165, 1.54) is 60.7 Å². The lowest BCUT2D eigenvalue weighted by atomic mass is 10.1. The van der Waals surface area contributed by atoms with Gasteiger partial charge in [0.25, 0.3) is 10.0 Å². The summed E-state index contributed by atoms with van der Waals surface area (Å²) in [7, 11) is -3.93. The molecule has 0 bridgehead atoms. The number of nitrogens with one attached hydrogen (secondary N) is 1. The molecular formula is C21H17NO5S.